The van der Waals surface area contributed by atoms with E-state index in [1.165, 1.54) is 23.1 Å². The first-order valence-electron chi connectivity index (χ1n) is 8.59. The summed E-state index contributed by atoms with van der Waals surface area (Å²) in [6.45, 7) is -0.323. The number of ether oxygens (including phenoxy) is 1. The van der Waals surface area contributed by atoms with Crippen LogP contribution in [0.5, 0.6) is 0 Å². The van der Waals surface area contributed by atoms with E-state index >= 15 is 0 Å². The van der Waals surface area contributed by atoms with Gasteiger partial charge in [0.05, 0.1) is 16.1 Å². The lowest BCUT2D eigenvalue weighted by molar-refractivity contribution is -0.384. The van der Waals surface area contributed by atoms with E-state index in [2.05, 4.69) is 0 Å². The Balaban J connectivity index is 1.69. The summed E-state index contributed by atoms with van der Waals surface area (Å²) in [5.74, 6) is -1.62. The Morgan fingerprint density at radius 1 is 1.17 bits per heavy atom. The number of nitro benzene ring substituents is 1. The molecule has 1 amide bonds. The van der Waals surface area contributed by atoms with Gasteiger partial charge in [-0.3, -0.25) is 14.9 Å². The summed E-state index contributed by atoms with van der Waals surface area (Å²) in [6.07, 6.45) is -3.47. The molecule has 1 heterocycles. The Labute approximate surface area is 162 Å². The lowest BCUT2D eigenvalue weighted by Crippen LogP contribution is -2.38. The van der Waals surface area contributed by atoms with E-state index in [1.54, 1.807) is 0 Å². The topological polar surface area (TPSA) is 89.8 Å². The van der Waals surface area contributed by atoms with Crippen molar-refractivity contribution in [3.05, 3.63) is 69.3 Å². The fourth-order valence-electron chi connectivity index (χ4n) is 3.07. The minimum Gasteiger partial charge on any atom is -0.452 e. The molecular formula is C19H15F3N2O5. The van der Waals surface area contributed by atoms with Crippen molar-refractivity contribution in [2.75, 3.05) is 18.1 Å². The van der Waals surface area contributed by atoms with Crippen molar-refractivity contribution in [1.82, 2.24) is 0 Å². The third kappa shape index (κ3) is 4.53. The molecule has 1 aliphatic rings. The zero-order chi connectivity index (χ0) is 21.2. The number of rotatable bonds is 4. The minimum absolute atomic E-state index is 0.0889. The Hall–Kier alpha value is -3.43. The van der Waals surface area contributed by atoms with Gasteiger partial charge in [0.1, 0.15) is 0 Å². The molecule has 0 aliphatic carbocycles. The van der Waals surface area contributed by atoms with Crippen molar-refractivity contribution in [2.45, 2.75) is 19.0 Å². The van der Waals surface area contributed by atoms with Crippen molar-refractivity contribution in [3.63, 3.8) is 0 Å². The number of alkyl halides is 3. The predicted molar refractivity (Wildman–Crippen MR) is 95.5 cm³/mol. The molecule has 0 fully saturated rings. The van der Waals surface area contributed by atoms with Crippen molar-refractivity contribution in [2.24, 2.45) is 0 Å². The SMILES string of the molecule is O=C(OCC(=O)N1CCCc2cc([N+](=O)[O-])ccc21)c1cccc(C(F)(F)F)c1. The molecule has 0 N–H and O–H groups in total. The normalized spacial score (nSPS) is 13.6. The van der Waals surface area contributed by atoms with Gasteiger partial charge in [0, 0.05) is 24.4 Å². The molecule has 1 aliphatic heterocycles. The number of hydrogen-bond acceptors (Lipinski definition) is 5. The second-order valence-electron chi connectivity index (χ2n) is 6.37. The van der Waals surface area contributed by atoms with Crippen LogP contribution in [0.3, 0.4) is 0 Å². The molecule has 7 nitrogen and oxygen atoms in total. The molecular weight excluding hydrogens is 393 g/mol. The summed E-state index contributed by atoms with van der Waals surface area (Å²) in [5.41, 5.74) is -0.286. The zero-order valence-electron chi connectivity index (χ0n) is 14.9. The number of carbonyl (C=O) groups excluding carboxylic acids is 2. The number of nitrogens with zero attached hydrogens (tertiary/aromatic N) is 2. The van der Waals surface area contributed by atoms with Crippen LogP contribution >= 0.6 is 0 Å². The quantitative estimate of drug-likeness (QED) is 0.437. The van der Waals surface area contributed by atoms with E-state index in [1.807, 2.05) is 0 Å². The van der Waals surface area contributed by atoms with Gasteiger partial charge in [0.25, 0.3) is 11.6 Å². The van der Waals surface area contributed by atoms with Gasteiger partial charge in [-0.1, -0.05) is 6.07 Å². The van der Waals surface area contributed by atoms with E-state index in [9.17, 15) is 32.9 Å². The summed E-state index contributed by atoms with van der Waals surface area (Å²) >= 11 is 0. The molecule has 0 unspecified atom stereocenters. The first-order valence-corrected chi connectivity index (χ1v) is 8.59. The lowest BCUT2D eigenvalue weighted by Gasteiger charge is -2.29. The summed E-state index contributed by atoms with van der Waals surface area (Å²) in [5, 5.41) is 10.9. The van der Waals surface area contributed by atoms with Gasteiger partial charge in [0.2, 0.25) is 0 Å². The molecule has 2 aromatic carbocycles. The van der Waals surface area contributed by atoms with Gasteiger partial charge in [-0.05, 0) is 42.7 Å². The summed E-state index contributed by atoms with van der Waals surface area (Å²) in [7, 11) is 0. The average Bonchev–Trinajstić information content (AvgIpc) is 2.70. The first kappa shape index (κ1) is 20.3. The van der Waals surface area contributed by atoms with Crippen LogP contribution in [0.4, 0.5) is 24.5 Å². The predicted octanol–water partition coefficient (Wildman–Crippen LogP) is 3.75. The van der Waals surface area contributed by atoms with Gasteiger partial charge in [-0.15, -0.1) is 0 Å². The monoisotopic (exact) mass is 408 g/mol. The Bertz CT molecular complexity index is 975. The molecule has 0 saturated carbocycles. The van der Waals surface area contributed by atoms with Crippen LogP contribution in [0.25, 0.3) is 0 Å². The van der Waals surface area contributed by atoms with Crippen LogP contribution in [0.1, 0.15) is 27.9 Å². The number of halogens is 3. The third-order valence-corrected chi connectivity index (χ3v) is 4.45. The zero-order valence-corrected chi connectivity index (χ0v) is 14.9. The number of esters is 1. The molecule has 0 atom stereocenters. The number of non-ortho nitro benzene ring substituents is 1. The standard InChI is InChI=1S/C19H15F3N2O5/c20-19(21,22)14-5-1-3-13(9-14)18(26)29-11-17(25)23-8-2-4-12-10-15(24(27)28)6-7-16(12)23/h1,3,5-7,9-10H,2,4,8,11H2. The summed E-state index contributed by atoms with van der Waals surface area (Å²) in [4.78, 5) is 36.2. The second-order valence-corrected chi connectivity index (χ2v) is 6.37. The number of hydrogen-bond donors (Lipinski definition) is 0. The number of amides is 1. The average molecular weight is 408 g/mol. The van der Waals surface area contributed by atoms with Gasteiger partial charge < -0.3 is 9.64 Å². The Morgan fingerprint density at radius 3 is 2.62 bits per heavy atom. The van der Waals surface area contributed by atoms with Gasteiger partial charge in [-0.2, -0.15) is 13.2 Å². The van der Waals surface area contributed by atoms with Gasteiger partial charge in [0.15, 0.2) is 6.61 Å². The maximum Gasteiger partial charge on any atom is 0.416 e. The summed E-state index contributed by atoms with van der Waals surface area (Å²) < 4.78 is 43.1. The molecule has 3 rings (SSSR count). The molecule has 0 aromatic heterocycles. The van der Waals surface area contributed by atoms with Crippen molar-refractivity contribution < 1.29 is 32.4 Å². The van der Waals surface area contributed by atoms with Crippen molar-refractivity contribution >= 4 is 23.3 Å². The first-order chi connectivity index (χ1) is 13.7. The van der Waals surface area contributed by atoms with Crippen LogP contribution in [0, 0.1) is 10.1 Å². The number of aryl methyl sites for hydroxylation is 1. The van der Waals surface area contributed by atoms with E-state index in [-0.39, 0.29) is 11.3 Å². The second kappa shape index (κ2) is 7.90. The largest absolute Gasteiger partial charge is 0.452 e. The van der Waals surface area contributed by atoms with Crippen LogP contribution in [0.2, 0.25) is 0 Å². The number of nitro groups is 1. The van der Waals surface area contributed by atoms with Crippen LogP contribution in [0.15, 0.2) is 42.5 Å². The van der Waals surface area contributed by atoms with Crippen molar-refractivity contribution in [1.29, 1.82) is 0 Å². The molecule has 0 saturated heterocycles. The third-order valence-electron chi connectivity index (χ3n) is 4.45. The number of fused-ring (bicyclic) bond motifs is 1. The number of carbonyl (C=O) groups is 2. The molecule has 0 bridgehead atoms. The maximum atomic E-state index is 12.8. The van der Waals surface area contributed by atoms with E-state index < -0.39 is 35.1 Å². The number of benzene rings is 2. The Morgan fingerprint density at radius 2 is 1.93 bits per heavy atom. The highest BCUT2D eigenvalue weighted by molar-refractivity contribution is 5.98. The van der Waals surface area contributed by atoms with Gasteiger partial charge >= 0.3 is 12.1 Å². The maximum absolute atomic E-state index is 12.8. The molecule has 0 radical (unpaired) electrons. The van der Waals surface area contributed by atoms with E-state index in [0.717, 1.165) is 18.2 Å². The molecule has 10 heteroatoms. The highest BCUT2D eigenvalue weighted by Gasteiger charge is 2.31. The minimum atomic E-state index is -4.60. The lowest BCUT2D eigenvalue weighted by atomic mass is 10.0. The fraction of sp³-hybridized carbons (Fsp3) is 0.263. The summed E-state index contributed by atoms with van der Waals surface area (Å²) in [6, 6.07) is 7.85. The van der Waals surface area contributed by atoms with E-state index in [0.29, 0.717) is 36.7 Å². The molecule has 2 aromatic rings. The number of anilines is 1. The molecule has 0 spiro atoms. The smallest absolute Gasteiger partial charge is 0.416 e. The van der Waals surface area contributed by atoms with E-state index in [4.69, 9.17) is 4.74 Å². The fourth-order valence-corrected chi connectivity index (χ4v) is 3.07. The van der Waals surface area contributed by atoms with Gasteiger partial charge in [-0.25, -0.2) is 4.79 Å². The van der Waals surface area contributed by atoms with Crippen LogP contribution in [-0.2, 0) is 22.1 Å². The van der Waals surface area contributed by atoms with Crippen molar-refractivity contribution in [3.8, 4) is 0 Å². The highest BCUT2D eigenvalue weighted by Crippen LogP contribution is 2.31. The van der Waals surface area contributed by atoms with Crippen LogP contribution < -0.4 is 4.90 Å². The highest BCUT2D eigenvalue weighted by atomic mass is 19.4. The molecule has 152 valence electrons. The molecule has 29 heavy (non-hydrogen) atoms. The van der Waals surface area contributed by atoms with Crippen LogP contribution in [-0.4, -0.2) is 30.0 Å². The Kier molecular flexibility index (Phi) is 5.53.